The van der Waals surface area contributed by atoms with E-state index in [0.29, 0.717) is 0 Å². The molecule has 0 aromatic rings. The Hall–Kier alpha value is -1.96. The molecule has 0 spiro atoms. The van der Waals surface area contributed by atoms with Gasteiger partial charge in [-0.25, -0.2) is 0 Å². The van der Waals surface area contributed by atoms with Crippen LogP contribution in [0.25, 0.3) is 0 Å². The molecular formula is C14H26N4O4. The predicted octanol–water partition coefficient (Wildman–Crippen LogP) is -1.19. The quantitative estimate of drug-likeness (QED) is 0.401. The fourth-order valence-electron chi connectivity index (χ4n) is 1.93. The normalized spacial score (nSPS) is 13.7. The van der Waals surface area contributed by atoms with Gasteiger partial charge in [-0.05, 0) is 0 Å². The number of nitrogens with two attached hydrogens (primary N) is 2. The van der Waals surface area contributed by atoms with Crippen molar-refractivity contribution in [1.82, 2.24) is 10.6 Å². The lowest BCUT2D eigenvalue weighted by Crippen LogP contribution is -2.54. The van der Waals surface area contributed by atoms with Crippen LogP contribution in [-0.4, -0.2) is 41.6 Å². The summed E-state index contributed by atoms with van der Waals surface area (Å²) in [4.78, 5) is 46.4. The summed E-state index contributed by atoms with van der Waals surface area (Å²) in [6, 6.07) is -1.94. The summed E-state index contributed by atoms with van der Waals surface area (Å²) >= 11 is 0. The molecule has 0 aromatic heterocycles. The number of rotatable bonds is 10. The van der Waals surface area contributed by atoms with Gasteiger partial charge >= 0.3 is 0 Å². The number of amides is 3. The Morgan fingerprint density at radius 1 is 0.864 bits per heavy atom. The molecule has 3 amide bonds. The molecule has 0 heterocycles. The third kappa shape index (κ3) is 7.72. The van der Waals surface area contributed by atoms with E-state index in [0.717, 1.165) is 0 Å². The molecule has 0 bridgehead atoms. The fourth-order valence-corrected chi connectivity index (χ4v) is 1.93. The number of carbonyl (C=O) groups excluding carboxylic acids is 4. The second kappa shape index (κ2) is 9.14. The average molecular weight is 314 g/mol. The van der Waals surface area contributed by atoms with Gasteiger partial charge in [0.15, 0.2) is 5.78 Å². The van der Waals surface area contributed by atoms with Crippen LogP contribution in [0.3, 0.4) is 0 Å². The van der Waals surface area contributed by atoms with Gasteiger partial charge in [-0.15, -0.1) is 0 Å². The zero-order valence-electron chi connectivity index (χ0n) is 13.5. The average Bonchev–Trinajstić information content (AvgIpc) is 2.34. The molecule has 0 aliphatic heterocycles. The second-order valence-corrected chi connectivity index (χ2v) is 5.83. The Kier molecular flexibility index (Phi) is 8.32. The van der Waals surface area contributed by atoms with Gasteiger partial charge in [0, 0.05) is 12.0 Å². The Morgan fingerprint density at radius 2 is 1.32 bits per heavy atom. The standard InChI is InChI=1S/C14H26N4O4/c1-7(2)13(21)9(5-11(15)19)18-14(22)10(6-12(16)20)17-8(3)4/h7-10,17H,5-6H2,1-4H3,(H2,15,19)(H2,16,20)(H,18,22). The van der Waals surface area contributed by atoms with Gasteiger partial charge in [0.1, 0.15) is 0 Å². The molecule has 2 unspecified atom stereocenters. The molecule has 0 fully saturated rings. The highest BCUT2D eigenvalue weighted by atomic mass is 16.2. The van der Waals surface area contributed by atoms with Gasteiger partial charge in [0.2, 0.25) is 17.7 Å². The van der Waals surface area contributed by atoms with E-state index in [1.165, 1.54) is 0 Å². The summed E-state index contributed by atoms with van der Waals surface area (Å²) in [5, 5.41) is 5.38. The van der Waals surface area contributed by atoms with Gasteiger partial charge in [-0.1, -0.05) is 27.7 Å². The number of primary amides is 2. The predicted molar refractivity (Wildman–Crippen MR) is 81.5 cm³/mol. The van der Waals surface area contributed by atoms with Crippen LogP contribution in [0.2, 0.25) is 0 Å². The molecule has 6 N–H and O–H groups in total. The lowest BCUT2D eigenvalue weighted by molar-refractivity contribution is -0.133. The first-order chi connectivity index (χ1) is 10.0. The Bertz CT molecular complexity index is 435. The first-order valence-corrected chi connectivity index (χ1v) is 7.21. The van der Waals surface area contributed by atoms with Crippen LogP contribution < -0.4 is 22.1 Å². The summed E-state index contributed by atoms with van der Waals surface area (Å²) < 4.78 is 0. The van der Waals surface area contributed by atoms with Crippen molar-refractivity contribution in [2.24, 2.45) is 17.4 Å². The highest BCUT2D eigenvalue weighted by molar-refractivity contribution is 5.95. The van der Waals surface area contributed by atoms with Crippen LogP contribution in [-0.2, 0) is 19.2 Å². The summed E-state index contributed by atoms with van der Waals surface area (Å²) in [7, 11) is 0. The minimum atomic E-state index is -1.01. The smallest absolute Gasteiger partial charge is 0.238 e. The van der Waals surface area contributed by atoms with Crippen molar-refractivity contribution in [2.75, 3.05) is 0 Å². The SMILES string of the molecule is CC(C)NC(CC(N)=O)C(=O)NC(CC(N)=O)C(=O)C(C)C. The van der Waals surface area contributed by atoms with Crippen LogP contribution >= 0.6 is 0 Å². The first kappa shape index (κ1) is 20.0. The Balaban J connectivity index is 5.04. The van der Waals surface area contributed by atoms with Crippen molar-refractivity contribution in [2.45, 2.75) is 58.7 Å². The Labute approximate surface area is 130 Å². The molecule has 0 saturated carbocycles. The Morgan fingerprint density at radius 3 is 1.68 bits per heavy atom. The maximum atomic E-state index is 12.2. The zero-order chi connectivity index (χ0) is 17.4. The van der Waals surface area contributed by atoms with E-state index in [4.69, 9.17) is 11.5 Å². The van der Waals surface area contributed by atoms with E-state index in [1.54, 1.807) is 27.7 Å². The molecule has 126 valence electrons. The maximum absolute atomic E-state index is 12.2. The third-order valence-electron chi connectivity index (χ3n) is 2.89. The summed E-state index contributed by atoms with van der Waals surface area (Å²) in [6.45, 7) is 6.94. The molecule has 0 saturated heterocycles. The molecule has 8 heteroatoms. The number of ketones is 1. The maximum Gasteiger partial charge on any atom is 0.238 e. The van der Waals surface area contributed by atoms with Crippen molar-refractivity contribution in [1.29, 1.82) is 0 Å². The molecule has 0 rings (SSSR count). The van der Waals surface area contributed by atoms with Crippen LogP contribution in [0.15, 0.2) is 0 Å². The number of hydrogen-bond donors (Lipinski definition) is 4. The molecule has 0 aromatic carbocycles. The van der Waals surface area contributed by atoms with Gasteiger partial charge in [0.25, 0.3) is 0 Å². The lowest BCUT2D eigenvalue weighted by atomic mass is 9.98. The number of Topliss-reactive ketones (excluding diaryl/α,β-unsaturated/α-hetero) is 1. The van der Waals surface area contributed by atoms with Crippen LogP contribution in [0, 0.1) is 5.92 Å². The number of carbonyl (C=O) groups is 4. The van der Waals surface area contributed by atoms with Crippen LogP contribution in [0.4, 0.5) is 0 Å². The van der Waals surface area contributed by atoms with Crippen molar-refractivity contribution in [3.63, 3.8) is 0 Å². The molecule has 0 radical (unpaired) electrons. The van der Waals surface area contributed by atoms with Crippen molar-refractivity contribution in [3.05, 3.63) is 0 Å². The lowest BCUT2D eigenvalue weighted by Gasteiger charge is -2.24. The van der Waals surface area contributed by atoms with Gasteiger partial charge in [0.05, 0.1) is 24.9 Å². The highest BCUT2D eigenvalue weighted by Gasteiger charge is 2.29. The van der Waals surface area contributed by atoms with E-state index >= 15 is 0 Å². The van der Waals surface area contributed by atoms with E-state index < -0.39 is 29.8 Å². The van der Waals surface area contributed by atoms with Crippen molar-refractivity contribution >= 4 is 23.5 Å². The summed E-state index contributed by atoms with van der Waals surface area (Å²) in [6.07, 6.45) is -0.489. The number of nitrogens with one attached hydrogen (secondary N) is 2. The van der Waals surface area contributed by atoms with Gasteiger partial charge in [-0.2, -0.15) is 0 Å². The van der Waals surface area contributed by atoms with E-state index in [1.807, 2.05) is 0 Å². The van der Waals surface area contributed by atoms with Crippen LogP contribution in [0.1, 0.15) is 40.5 Å². The third-order valence-corrected chi connectivity index (χ3v) is 2.89. The van der Waals surface area contributed by atoms with Crippen LogP contribution in [0.5, 0.6) is 0 Å². The van der Waals surface area contributed by atoms with Crippen molar-refractivity contribution in [3.8, 4) is 0 Å². The van der Waals surface area contributed by atoms with E-state index in [9.17, 15) is 19.2 Å². The second-order valence-electron chi connectivity index (χ2n) is 5.83. The van der Waals surface area contributed by atoms with E-state index in [-0.39, 0.29) is 30.6 Å². The fraction of sp³-hybridized carbons (Fsp3) is 0.714. The molecule has 8 nitrogen and oxygen atoms in total. The first-order valence-electron chi connectivity index (χ1n) is 7.21. The minimum absolute atomic E-state index is 0.0644. The topological polar surface area (TPSA) is 144 Å². The molecular weight excluding hydrogens is 288 g/mol. The molecule has 22 heavy (non-hydrogen) atoms. The summed E-state index contributed by atoms with van der Waals surface area (Å²) in [5.41, 5.74) is 10.2. The minimum Gasteiger partial charge on any atom is -0.370 e. The van der Waals surface area contributed by atoms with Gasteiger partial charge < -0.3 is 22.1 Å². The largest absolute Gasteiger partial charge is 0.370 e. The zero-order valence-corrected chi connectivity index (χ0v) is 13.5. The molecule has 0 aliphatic carbocycles. The van der Waals surface area contributed by atoms with Crippen molar-refractivity contribution < 1.29 is 19.2 Å². The molecule has 0 aliphatic rings. The highest BCUT2D eigenvalue weighted by Crippen LogP contribution is 2.05. The monoisotopic (exact) mass is 314 g/mol. The number of hydrogen-bond acceptors (Lipinski definition) is 5. The molecule has 2 atom stereocenters. The summed E-state index contributed by atoms with van der Waals surface area (Å²) in [5.74, 6) is -2.56. The van der Waals surface area contributed by atoms with E-state index in [2.05, 4.69) is 10.6 Å². The van der Waals surface area contributed by atoms with Gasteiger partial charge in [-0.3, -0.25) is 19.2 Å².